The molecule has 0 unspecified atom stereocenters. The van der Waals surface area contributed by atoms with Crippen molar-refractivity contribution in [3.8, 4) is 23.1 Å². The predicted molar refractivity (Wildman–Crippen MR) is 112 cm³/mol. The Labute approximate surface area is 164 Å². The van der Waals surface area contributed by atoms with Crippen LogP contribution in [0.15, 0.2) is 78.9 Å². The number of nitriles is 1. The normalized spacial score (nSPS) is 10.4. The summed E-state index contributed by atoms with van der Waals surface area (Å²) in [7, 11) is 1.66. The quantitative estimate of drug-likeness (QED) is 0.515. The van der Waals surface area contributed by atoms with Crippen LogP contribution in [0.3, 0.4) is 0 Å². The largest absolute Gasteiger partial charge is 0.497 e. The average Bonchev–Trinajstić information content (AvgIpc) is 2.77. The summed E-state index contributed by atoms with van der Waals surface area (Å²) >= 11 is 0. The molecule has 1 aromatic heterocycles. The molecular weight excluding hydrogens is 346 g/mol. The number of fused-ring (bicyclic) bond motifs is 1. The highest BCUT2D eigenvalue weighted by atomic mass is 16.5. The zero-order valence-electron chi connectivity index (χ0n) is 15.5. The van der Waals surface area contributed by atoms with E-state index in [0.29, 0.717) is 12.1 Å². The van der Waals surface area contributed by atoms with Crippen LogP contribution in [-0.4, -0.2) is 12.1 Å². The lowest BCUT2D eigenvalue weighted by Crippen LogP contribution is -2.01. The Bertz CT molecular complexity index is 1160. The second kappa shape index (κ2) is 7.81. The number of methoxy groups -OCH3 is 1. The van der Waals surface area contributed by atoms with Crippen molar-refractivity contribution in [3.05, 3.63) is 90.0 Å². The van der Waals surface area contributed by atoms with Gasteiger partial charge >= 0.3 is 0 Å². The van der Waals surface area contributed by atoms with Gasteiger partial charge in [-0.25, -0.2) is 4.98 Å². The molecule has 4 nitrogen and oxygen atoms in total. The highest BCUT2D eigenvalue weighted by molar-refractivity contribution is 5.93. The molecule has 4 aromatic rings. The predicted octanol–water partition coefficient (Wildman–Crippen LogP) is 5.39. The molecule has 0 aliphatic rings. The molecule has 0 saturated heterocycles. The summed E-state index contributed by atoms with van der Waals surface area (Å²) < 4.78 is 5.25. The summed E-state index contributed by atoms with van der Waals surface area (Å²) in [6.07, 6.45) is 0. The second-order valence-electron chi connectivity index (χ2n) is 6.47. The van der Waals surface area contributed by atoms with Gasteiger partial charge in [0.1, 0.15) is 5.75 Å². The van der Waals surface area contributed by atoms with E-state index in [0.717, 1.165) is 39.2 Å². The molecule has 0 saturated carbocycles. The van der Waals surface area contributed by atoms with Crippen molar-refractivity contribution >= 4 is 16.6 Å². The minimum Gasteiger partial charge on any atom is -0.497 e. The van der Waals surface area contributed by atoms with Crippen LogP contribution in [0.5, 0.6) is 5.75 Å². The lowest BCUT2D eigenvalue weighted by molar-refractivity contribution is 0.415. The molecule has 28 heavy (non-hydrogen) atoms. The van der Waals surface area contributed by atoms with Crippen LogP contribution in [0.2, 0.25) is 0 Å². The number of hydrogen-bond acceptors (Lipinski definition) is 4. The minimum absolute atomic E-state index is 0.631. The lowest BCUT2D eigenvalue weighted by Gasteiger charge is -2.13. The van der Waals surface area contributed by atoms with Crippen LogP contribution in [0, 0.1) is 11.3 Å². The highest BCUT2D eigenvalue weighted by Crippen LogP contribution is 2.29. The van der Waals surface area contributed by atoms with E-state index >= 15 is 0 Å². The fourth-order valence-electron chi connectivity index (χ4n) is 3.18. The van der Waals surface area contributed by atoms with Crippen molar-refractivity contribution in [1.82, 2.24) is 4.98 Å². The molecule has 0 spiro atoms. The van der Waals surface area contributed by atoms with Gasteiger partial charge in [-0.1, -0.05) is 30.3 Å². The molecule has 0 bridgehead atoms. The van der Waals surface area contributed by atoms with Crippen LogP contribution in [-0.2, 0) is 6.54 Å². The average molecular weight is 365 g/mol. The number of benzene rings is 3. The van der Waals surface area contributed by atoms with Crippen LogP contribution in [0.1, 0.15) is 11.1 Å². The number of hydrogen-bond donors (Lipinski definition) is 1. The van der Waals surface area contributed by atoms with Crippen molar-refractivity contribution < 1.29 is 4.74 Å². The summed E-state index contributed by atoms with van der Waals surface area (Å²) in [4.78, 5) is 4.82. The smallest absolute Gasteiger partial charge is 0.118 e. The summed E-state index contributed by atoms with van der Waals surface area (Å²) in [5.41, 5.74) is 5.60. The molecule has 0 aliphatic carbocycles. The monoisotopic (exact) mass is 365 g/mol. The molecule has 4 rings (SSSR count). The second-order valence-corrected chi connectivity index (χ2v) is 6.47. The Kier molecular flexibility index (Phi) is 4.90. The topological polar surface area (TPSA) is 57.9 Å². The van der Waals surface area contributed by atoms with Crippen LogP contribution in [0.25, 0.3) is 22.2 Å². The molecule has 0 atom stereocenters. The first-order chi connectivity index (χ1) is 13.8. The first-order valence-corrected chi connectivity index (χ1v) is 9.04. The molecule has 1 heterocycles. The van der Waals surface area contributed by atoms with Gasteiger partial charge in [-0.15, -0.1) is 0 Å². The first-order valence-electron chi connectivity index (χ1n) is 9.04. The fourth-order valence-corrected chi connectivity index (χ4v) is 3.18. The van der Waals surface area contributed by atoms with E-state index in [1.807, 2.05) is 66.7 Å². The van der Waals surface area contributed by atoms with Gasteiger partial charge in [0.2, 0.25) is 0 Å². The maximum atomic E-state index is 9.10. The Hall–Kier alpha value is -3.84. The number of para-hydroxylation sites is 1. The van der Waals surface area contributed by atoms with Crippen molar-refractivity contribution in [3.63, 3.8) is 0 Å². The number of rotatable bonds is 5. The number of ether oxygens (including phenoxy) is 1. The Balaban J connectivity index is 1.70. The number of aromatic nitrogens is 1. The van der Waals surface area contributed by atoms with Crippen LogP contribution in [0.4, 0.5) is 5.69 Å². The zero-order valence-corrected chi connectivity index (χ0v) is 15.5. The van der Waals surface area contributed by atoms with Crippen LogP contribution < -0.4 is 10.1 Å². The van der Waals surface area contributed by atoms with E-state index in [1.165, 1.54) is 0 Å². The molecule has 136 valence electrons. The van der Waals surface area contributed by atoms with Crippen molar-refractivity contribution in [2.75, 3.05) is 12.4 Å². The van der Waals surface area contributed by atoms with E-state index in [2.05, 4.69) is 23.5 Å². The van der Waals surface area contributed by atoms with E-state index in [-0.39, 0.29) is 0 Å². The molecule has 4 heteroatoms. The maximum Gasteiger partial charge on any atom is 0.118 e. The molecular formula is C24H19N3O. The first kappa shape index (κ1) is 17.6. The zero-order chi connectivity index (χ0) is 19.3. The van der Waals surface area contributed by atoms with E-state index in [9.17, 15) is 0 Å². The molecule has 0 amide bonds. The van der Waals surface area contributed by atoms with Gasteiger partial charge in [0.25, 0.3) is 0 Å². The van der Waals surface area contributed by atoms with Crippen LogP contribution >= 0.6 is 0 Å². The minimum atomic E-state index is 0.631. The maximum absolute atomic E-state index is 9.10. The summed E-state index contributed by atoms with van der Waals surface area (Å²) in [5.74, 6) is 0.820. The van der Waals surface area contributed by atoms with Crippen molar-refractivity contribution in [2.45, 2.75) is 6.54 Å². The molecule has 0 fully saturated rings. The van der Waals surface area contributed by atoms with Gasteiger partial charge in [0.05, 0.1) is 30.0 Å². The van der Waals surface area contributed by atoms with Gasteiger partial charge in [-0.2, -0.15) is 5.26 Å². The number of anilines is 1. The van der Waals surface area contributed by atoms with Gasteiger partial charge in [0.15, 0.2) is 0 Å². The third-order valence-corrected chi connectivity index (χ3v) is 4.64. The Morgan fingerprint density at radius 2 is 1.79 bits per heavy atom. The van der Waals surface area contributed by atoms with E-state index in [1.54, 1.807) is 7.11 Å². The van der Waals surface area contributed by atoms with Gasteiger partial charge in [-0.3, -0.25) is 0 Å². The summed E-state index contributed by atoms with van der Waals surface area (Å²) in [6, 6.07) is 27.9. The molecule has 1 N–H and O–H groups in total. The molecule has 0 aliphatic heterocycles. The SMILES string of the molecule is COc1ccc(-c2cc(NCc3cccc(C#N)c3)c3ccccc3n2)cc1. The number of nitrogens with one attached hydrogen (secondary N) is 1. The van der Waals surface area contributed by atoms with Crippen molar-refractivity contribution in [1.29, 1.82) is 5.26 Å². The number of pyridine rings is 1. The number of nitrogens with zero attached hydrogens (tertiary/aromatic N) is 2. The Morgan fingerprint density at radius 3 is 2.57 bits per heavy atom. The van der Waals surface area contributed by atoms with Gasteiger partial charge < -0.3 is 10.1 Å². The molecule has 3 aromatic carbocycles. The summed E-state index contributed by atoms with van der Waals surface area (Å²) in [6.45, 7) is 0.631. The fraction of sp³-hybridized carbons (Fsp3) is 0.0833. The van der Waals surface area contributed by atoms with Gasteiger partial charge in [0, 0.05) is 23.2 Å². The van der Waals surface area contributed by atoms with E-state index in [4.69, 9.17) is 15.0 Å². The lowest BCUT2D eigenvalue weighted by atomic mass is 10.1. The van der Waals surface area contributed by atoms with Crippen molar-refractivity contribution in [2.24, 2.45) is 0 Å². The third kappa shape index (κ3) is 3.65. The Morgan fingerprint density at radius 1 is 0.964 bits per heavy atom. The van der Waals surface area contributed by atoms with E-state index < -0.39 is 0 Å². The third-order valence-electron chi connectivity index (χ3n) is 4.64. The standard InChI is InChI=1S/C24H19N3O/c1-28-20-11-9-19(10-12-20)23-14-24(21-7-2-3-8-22(21)27-23)26-16-18-6-4-5-17(13-18)15-25/h2-14H,16H2,1H3,(H,26,27). The molecule has 0 radical (unpaired) electrons. The summed E-state index contributed by atoms with van der Waals surface area (Å²) in [5, 5.41) is 13.7. The van der Waals surface area contributed by atoms with Gasteiger partial charge in [-0.05, 0) is 54.1 Å². The highest BCUT2D eigenvalue weighted by Gasteiger charge is 2.08.